The minimum Gasteiger partial charge on any atom is -0.399 e. The zero-order chi connectivity index (χ0) is 12.8. The number of thioether (sulfide) groups is 1. The minimum absolute atomic E-state index is 0.769. The first-order valence-electron chi connectivity index (χ1n) is 5.88. The van der Waals surface area contributed by atoms with E-state index in [1.54, 1.807) is 0 Å². The van der Waals surface area contributed by atoms with Gasteiger partial charge in [-0.2, -0.15) is 11.8 Å². The molecule has 1 aromatic heterocycles. The summed E-state index contributed by atoms with van der Waals surface area (Å²) in [5, 5.41) is 4.38. The van der Waals surface area contributed by atoms with Gasteiger partial charge in [0.1, 0.15) is 5.82 Å². The standard InChI is InChI=1S/C14H17N3S/c1-2-8-18-9-7-16-14-6-3-11-10-12(15)4-5-13(11)17-14/h2-6,10H,1,7-9,15H2,(H,16,17). The normalized spacial score (nSPS) is 10.4. The molecule has 0 atom stereocenters. The second-order valence-electron chi connectivity index (χ2n) is 3.94. The lowest BCUT2D eigenvalue weighted by atomic mass is 10.2. The van der Waals surface area contributed by atoms with Crippen LogP contribution in [0.4, 0.5) is 11.5 Å². The summed E-state index contributed by atoms with van der Waals surface area (Å²) in [7, 11) is 0. The van der Waals surface area contributed by atoms with Gasteiger partial charge in [-0.05, 0) is 30.3 Å². The van der Waals surface area contributed by atoms with Crippen molar-refractivity contribution >= 4 is 34.2 Å². The van der Waals surface area contributed by atoms with E-state index in [1.165, 1.54) is 0 Å². The van der Waals surface area contributed by atoms with Crippen LogP contribution < -0.4 is 11.1 Å². The van der Waals surface area contributed by atoms with Crippen molar-refractivity contribution in [1.29, 1.82) is 0 Å². The lowest BCUT2D eigenvalue weighted by Gasteiger charge is -2.06. The van der Waals surface area contributed by atoms with Crippen LogP contribution in [0.15, 0.2) is 43.0 Å². The summed E-state index contributed by atoms with van der Waals surface area (Å²) in [6.45, 7) is 4.60. The molecule has 1 heterocycles. The van der Waals surface area contributed by atoms with E-state index < -0.39 is 0 Å². The molecule has 2 rings (SSSR count). The van der Waals surface area contributed by atoms with Gasteiger partial charge < -0.3 is 11.1 Å². The number of fused-ring (bicyclic) bond motifs is 1. The molecule has 18 heavy (non-hydrogen) atoms. The van der Waals surface area contributed by atoms with Crippen molar-refractivity contribution in [3.63, 3.8) is 0 Å². The number of nitrogen functional groups attached to an aromatic ring is 1. The highest BCUT2D eigenvalue weighted by Gasteiger charge is 1.98. The van der Waals surface area contributed by atoms with Crippen LogP contribution in [0.5, 0.6) is 0 Å². The third-order valence-electron chi connectivity index (χ3n) is 2.50. The zero-order valence-electron chi connectivity index (χ0n) is 10.2. The predicted octanol–water partition coefficient (Wildman–Crippen LogP) is 3.15. The van der Waals surface area contributed by atoms with Gasteiger partial charge in [-0.3, -0.25) is 0 Å². The van der Waals surface area contributed by atoms with Gasteiger partial charge >= 0.3 is 0 Å². The van der Waals surface area contributed by atoms with Crippen LogP contribution >= 0.6 is 11.8 Å². The van der Waals surface area contributed by atoms with E-state index in [-0.39, 0.29) is 0 Å². The Morgan fingerprint density at radius 2 is 2.22 bits per heavy atom. The molecule has 0 spiro atoms. The number of benzene rings is 1. The highest BCUT2D eigenvalue weighted by Crippen LogP contribution is 2.17. The Labute approximate surface area is 111 Å². The molecule has 0 bridgehead atoms. The second kappa shape index (κ2) is 6.31. The molecule has 0 aliphatic carbocycles. The fourth-order valence-corrected chi connectivity index (χ4v) is 2.24. The van der Waals surface area contributed by atoms with Crippen molar-refractivity contribution in [1.82, 2.24) is 4.98 Å². The Kier molecular flexibility index (Phi) is 4.47. The van der Waals surface area contributed by atoms with E-state index in [1.807, 2.05) is 48.2 Å². The lowest BCUT2D eigenvalue weighted by molar-refractivity contribution is 1.19. The van der Waals surface area contributed by atoms with Crippen LogP contribution in [0.25, 0.3) is 10.9 Å². The summed E-state index contributed by atoms with van der Waals surface area (Å²) in [6.07, 6.45) is 1.92. The highest BCUT2D eigenvalue weighted by molar-refractivity contribution is 7.99. The SMILES string of the molecule is C=CCSCCNc1ccc2cc(N)ccc2n1. The summed E-state index contributed by atoms with van der Waals surface area (Å²) in [5.41, 5.74) is 7.47. The number of aromatic nitrogens is 1. The fourth-order valence-electron chi connectivity index (χ4n) is 1.66. The van der Waals surface area contributed by atoms with Gasteiger partial charge in [-0.1, -0.05) is 6.08 Å². The molecule has 3 nitrogen and oxygen atoms in total. The van der Waals surface area contributed by atoms with Crippen LogP contribution in [0.1, 0.15) is 0 Å². The molecule has 0 fully saturated rings. The quantitative estimate of drug-likeness (QED) is 0.475. The van der Waals surface area contributed by atoms with E-state index in [0.29, 0.717) is 0 Å². The molecule has 2 aromatic rings. The summed E-state index contributed by atoms with van der Waals surface area (Å²) >= 11 is 1.85. The van der Waals surface area contributed by atoms with Crippen molar-refractivity contribution in [2.24, 2.45) is 0 Å². The average molecular weight is 259 g/mol. The van der Waals surface area contributed by atoms with E-state index in [9.17, 15) is 0 Å². The van der Waals surface area contributed by atoms with E-state index >= 15 is 0 Å². The number of hydrogen-bond donors (Lipinski definition) is 2. The maximum absolute atomic E-state index is 5.73. The Balaban J connectivity index is 1.97. The van der Waals surface area contributed by atoms with Gasteiger partial charge in [-0.15, -0.1) is 6.58 Å². The van der Waals surface area contributed by atoms with Crippen molar-refractivity contribution in [2.75, 3.05) is 29.1 Å². The summed E-state index contributed by atoms with van der Waals surface area (Å²) in [5.74, 6) is 2.95. The second-order valence-corrected chi connectivity index (χ2v) is 5.09. The molecule has 0 aliphatic rings. The minimum atomic E-state index is 0.769. The van der Waals surface area contributed by atoms with Gasteiger partial charge in [0.25, 0.3) is 0 Å². The third-order valence-corrected chi connectivity index (χ3v) is 3.47. The summed E-state index contributed by atoms with van der Waals surface area (Å²) in [6, 6.07) is 9.78. The molecular weight excluding hydrogens is 242 g/mol. The van der Waals surface area contributed by atoms with Crippen molar-refractivity contribution in [2.45, 2.75) is 0 Å². The molecule has 1 aromatic carbocycles. The van der Waals surface area contributed by atoms with Gasteiger partial charge in [0.15, 0.2) is 0 Å². The van der Waals surface area contributed by atoms with Crippen LogP contribution in [0.2, 0.25) is 0 Å². The zero-order valence-corrected chi connectivity index (χ0v) is 11.0. The van der Waals surface area contributed by atoms with Gasteiger partial charge in [-0.25, -0.2) is 4.98 Å². The monoisotopic (exact) mass is 259 g/mol. The van der Waals surface area contributed by atoms with Gasteiger partial charge in [0.2, 0.25) is 0 Å². The fraction of sp³-hybridized carbons (Fsp3) is 0.214. The number of anilines is 2. The van der Waals surface area contributed by atoms with E-state index in [4.69, 9.17) is 5.73 Å². The van der Waals surface area contributed by atoms with Crippen LogP contribution in [0, 0.1) is 0 Å². The predicted molar refractivity (Wildman–Crippen MR) is 82.2 cm³/mol. The number of nitrogens with zero attached hydrogens (tertiary/aromatic N) is 1. The molecule has 0 saturated carbocycles. The topological polar surface area (TPSA) is 50.9 Å². The van der Waals surface area contributed by atoms with E-state index in [0.717, 1.165) is 40.5 Å². The molecule has 4 heteroatoms. The Bertz CT molecular complexity index is 540. The molecule has 94 valence electrons. The Morgan fingerprint density at radius 1 is 1.33 bits per heavy atom. The van der Waals surface area contributed by atoms with Crippen LogP contribution in [-0.4, -0.2) is 23.0 Å². The van der Waals surface area contributed by atoms with Crippen molar-refractivity contribution in [3.8, 4) is 0 Å². The van der Waals surface area contributed by atoms with E-state index in [2.05, 4.69) is 16.9 Å². The van der Waals surface area contributed by atoms with Crippen molar-refractivity contribution in [3.05, 3.63) is 43.0 Å². The van der Waals surface area contributed by atoms with Crippen LogP contribution in [-0.2, 0) is 0 Å². The first-order valence-corrected chi connectivity index (χ1v) is 7.04. The van der Waals surface area contributed by atoms with Crippen molar-refractivity contribution < 1.29 is 0 Å². The molecule has 0 unspecified atom stereocenters. The number of rotatable bonds is 6. The smallest absolute Gasteiger partial charge is 0.126 e. The largest absolute Gasteiger partial charge is 0.399 e. The number of nitrogens with one attached hydrogen (secondary N) is 1. The first kappa shape index (κ1) is 12.8. The van der Waals surface area contributed by atoms with Gasteiger partial charge in [0.05, 0.1) is 5.52 Å². The first-order chi connectivity index (χ1) is 8.79. The Hall–Kier alpha value is -1.68. The third kappa shape index (κ3) is 3.40. The van der Waals surface area contributed by atoms with Gasteiger partial charge in [0, 0.05) is 29.1 Å². The molecule has 0 radical (unpaired) electrons. The molecule has 3 N–H and O–H groups in total. The summed E-state index contributed by atoms with van der Waals surface area (Å²) < 4.78 is 0. The average Bonchev–Trinajstić information content (AvgIpc) is 2.38. The highest BCUT2D eigenvalue weighted by atomic mass is 32.2. The maximum atomic E-state index is 5.73. The molecule has 0 amide bonds. The Morgan fingerprint density at radius 3 is 3.06 bits per heavy atom. The number of hydrogen-bond acceptors (Lipinski definition) is 4. The van der Waals surface area contributed by atoms with Crippen LogP contribution in [0.3, 0.4) is 0 Å². The lowest BCUT2D eigenvalue weighted by Crippen LogP contribution is -2.05. The summed E-state index contributed by atoms with van der Waals surface area (Å²) in [4.78, 5) is 4.54. The number of nitrogens with two attached hydrogens (primary N) is 1. The number of pyridine rings is 1. The molecule has 0 aliphatic heterocycles. The molecule has 0 saturated heterocycles. The maximum Gasteiger partial charge on any atom is 0.126 e. The molecular formula is C14H17N3S.